The molecule has 1 aliphatic rings. The van der Waals surface area contributed by atoms with Gasteiger partial charge in [0.2, 0.25) is 5.91 Å². The number of hydrogen-bond acceptors (Lipinski definition) is 4. The minimum absolute atomic E-state index is 0.150. The van der Waals surface area contributed by atoms with Gasteiger partial charge in [-0.25, -0.2) is 0 Å². The molecule has 0 aliphatic carbocycles. The molecule has 0 unspecified atom stereocenters. The van der Waals surface area contributed by atoms with Gasteiger partial charge in [-0.3, -0.25) is 14.7 Å². The van der Waals surface area contributed by atoms with Crippen molar-refractivity contribution in [2.45, 2.75) is 38.1 Å². The van der Waals surface area contributed by atoms with E-state index < -0.39 is 0 Å². The van der Waals surface area contributed by atoms with E-state index in [4.69, 9.17) is 0 Å². The number of pyridine rings is 1. The van der Waals surface area contributed by atoms with E-state index in [1.165, 1.54) is 16.7 Å². The van der Waals surface area contributed by atoms with Gasteiger partial charge in [-0.05, 0) is 49.1 Å². The van der Waals surface area contributed by atoms with Crippen LogP contribution in [0.25, 0.3) is 0 Å². The van der Waals surface area contributed by atoms with Crippen molar-refractivity contribution < 1.29 is 4.79 Å². The summed E-state index contributed by atoms with van der Waals surface area (Å²) in [6.07, 6.45) is 5.92. The Morgan fingerprint density at radius 3 is 3.00 bits per heavy atom. The number of benzene rings is 1. The fourth-order valence-corrected chi connectivity index (χ4v) is 4.28. The molecule has 2 heterocycles. The molecule has 0 radical (unpaired) electrons. The van der Waals surface area contributed by atoms with E-state index in [9.17, 15) is 4.79 Å². The number of carbonyl (C=O) groups is 1. The molecule has 0 spiro atoms. The van der Waals surface area contributed by atoms with Crippen molar-refractivity contribution in [2.75, 3.05) is 18.8 Å². The Morgan fingerprint density at radius 1 is 1.31 bits per heavy atom. The number of rotatable bonds is 7. The molecule has 5 heteroatoms. The third-order valence-electron chi connectivity index (χ3n) is 4.75. The summed E-state index contributed by atoms with van der Waals surface area (Å²) in [7, 11) is 0. The quantitative estimate of drug-likeness (QED) is 0.812. The Balaban J connectivity index is 1.40. The van der Waals surface area contributed by atoms with Crippen LogP contribution in [-0.2, 0) is 17.1 Å². The average Bonchev–Trinajstić information content (AvgIpc) is 2.64. The molecule has 138 valence electrons. The minimum Gasteiger partial charge on any atom is -0.351 e. The van der Waals surface area contributed by atoms with Crippen LogP contribution in [0.5, 0.6) is 0 Å². The van der Waals surface area contributed by atoms with Crippen LogP contribution in [0, 0.1) is 6.92 Å². The molecular formula is C21H27N3OS. The smallest absolute Gasteiger partial charge is 0.230 e. The van der Waals surface area contributed by atoms with Crippen LogP contribution in [0.2, 0.25) is 0 Å². The van der Waals surface area contributed by atoms with E-state index >= 15 is 0 Å². The van der Waals surface area contributed by atoms with Gasteiger partial charge < -0.3 is 5.32 Å². The Bertz CT molecular complexity index is 707. The normalized spacial score (nSPS) is 17.8. The maximum atomic E-state index is 12.3. The predicted molar refractivity (Wildman–Crippen MR) is 108 cm³/mol. The third-order valence-corrected chi connectivity index (χ3v) is 5.73. The largest absolute Gasteiger partial charge is 0.351 e. The van der Waals surface area contributed by atoms with Crippen molar-refractivity contribution in [3.63, 3.8) is 0 Å². The van der Waals surface area contributed by atoms with Crippen LogP contribution in [0.4, 0.5) is 0 Å². The first-order chi connectivity index (χ1) is 12.7. The number of carbonyl (C=O) groups excluding carboxylic acids is 1. The number of aromatic nitrogens is 1. The van der Waals surface area contributed by atoms with Gasteiger partial charge in [0.05, 0.1) is 5.75 Å². The molecule has 1 amide bonds. The van der Waals surface area contributed by atoms with Crippen LogP contribution in [0.1, 0.15) is 29.5 Å². The first kappa shape index (κ1) is 18.9. The van der Waals surface area contributed by atoms with Crippen molar-refractivity contribution in [3.05, 3.63) is 65.5 Å². The van der Waals surface area contributed by atoms with Crippen molar-refractivity contribution in [1.82, 2.24) is 15.2 Å². The fourth-order valence-electron chi connectivity index (χ4n) is 3.36. The molecule has 0 bridgehead atoms. The van der Waals surface area contributed by atoms with E-state index in [1.54, 1.807) is 18.0 Å². The Kier molecular flexibility index (Phi) is 7.09. The lowest BCUT2D eigenvalue weighted by atomic mass is 10.1. The molecule has 3 rings (SSSR count). The van der Waals surface area contributed by atoms with Crippen LogP contribution in [0.15, 0.2) is 48.8 Å². The summed E-state index contributed by atoms with van der Waals surface area (Å²) in [5.74, 6) is 1.56. The molecule has 4 nitrogen and oxygen atoms in total. The van der Waals surface area contributed by atoms with Gasteiger partial charge in [-0.2, -0.15) is 0 Å². The van der Waals surface area contributed by atoms with Crippen molar-refractivity contribution in [2.24, 2.45) is 0 Å². The van der Waals surface area contributed by atoms with Gasteiger partial charge in [0.25, 0.3) is 0 Å². The second-order valence-electron chi connectivity index (χ2n) is 6.92. The van der Waals surface area contributed by atoms with E-state index in [0.717, 1.165) is 38.2 Å². The third kappa shape index (κ3) is 5.85. The van der Waals surface area contributed by atoms with Gasteiger partial charge in [-0.15, -0.1) is 11.8 Å². The lowest BCUT2D eigenvalue weighted by Crippen LogP contribution is -2.47. The van der Waals surface area contributed by atoms with E-state index in [0.29, 0.717) is 5.75 Å². The zero-order chi connectivity index (χ0) is 18.2. The summed E-state index contributed by atoms with van der Waals surface area (Å²) in [4.78, 5) is 18.9. The molecule has 0 saturated carbocycles. The zero-order valence-corrected chi connectivity index (χ0v) is 16.2. The number of amides is 1. The summed E-state index contributed by atoms with van der Waals surface area (Å²) >= 11 is 1.69. The van der Waals surface area contributed by atoms with Crippen molar-refractivity contribution >= 4 is 17.7 Å². The van der Waals surface area contributed by atoms with E-state index in [2.05, 4.69) is 52.5 Å². The van der Waals surface area contributed by atoms with Gasteiger partial charge in [0, 0.05) is 37.3 Å². The minimum atomic E-state index is 0.150. The highest BCUT2D eigenvalue weighted by molar-refractivity contribution is 7.99. The maximum Gasteiger partial charge on any atom is 0.230 e. The number of piperidine rings is 1. The van der Waals surface area contributed by atoms with Crippen LogP contribution < -0.4 is 5.32 Å². The molecular weight excluding hydrogens is 342 g/mol. The number of thioether (sulfide) groups is 1. The molecule has 1 aromatic heterocycles. The highest BCUT2D eigenvalue weighted by atomic mass is 32.2. The Morgan fingerprint density at radius 2 is 2.19 bits per heavy atom. The molecule has 1 fully saturated rings. The van der Waals surface area contributed by atoms with Crippen LogP contribution in [-0.4, -0.2) is 40.7 Å². The SMILES string of the molecule is Cc1ccccc1CSCC(=O)N[C@H]1CCCN(Cc2cccnc2)C1. The first-order valence-electron chi connectivity index (χ1n) is 9.23. The molecule has 2 aromatic rings. The lowest BCUT2D eigenvalue weighted by Gasteiger charge is -2.33. The molecule has 1 aromatic carbocycles. The summed E-state index contributed by atoms with van der Waals surface area (Å²) in [5, 5.41) is 3.22. The van der Waals surface area contributed by atoms with Gasteiger partial charge in [-0.1, -0.05) is 30.3 Å². The second-order valence-corrected chi connectivity index (χ2v) is 7.91. The highest BCUT2D eigenvalue weighted by Gasteiger charge is 2.21. The summed E-state index contributed by atoms with van der Waals surface area (Å²) in [5.41, 5.74) is 3.83. The second kappa shape index (κ2) is 9.74. The molecule has 1 N–H and O–H groups in total. The van der Waals surface area contributed by atoms with Gasteiger partial charge >= 0.3 is 0 Å². The zero-order valence-electron chi connectivity index (χ0n) is 15.4. The predicted octanol–water partition coefficient (Wildman–Crippen LogP) is 3.40. The first-order valence-corrected chi connectivity index (χ1v) is 10.4. The monoisotopic (exact) mass is 369 g/mol. The van der Waals surface area contributed by atoms with E-state index in [-0.39, 0.29) is 11.9 Å². The number of likely N-dealkylation sites (tertiary alicyclic amines) is 1. The fraction of sp³-hybridized carbons (Fsp3) is 0.429. The summed E-state index contributed by atoms with van der Waals surface area (Å²) in [6, 6.07) is 12.7. The maximum absolute atomic E-state index is 12.3. The number of hydrogen-bond donors (Lipinski definition) is 1. The summed E-state index contributed by atoms with van der Waals surface area (Å²) in [6.45, 7) is 5.03. The number of nitrogens with zero attached hydrogens (tertiary/aromatic N) is 2. The summed E-state index contributed by atoms with van der Waals surface area (Å²) < 4.78 is 0. The molecule has 1 aliphatic heterocycles. The topological polar surface area (TPSA) is 45.2 Å². The average molecular weight is 370 g/mol. The lowest BCUT2D eigenvalue weighted by molar-refractivity contribution is -0.119. The van der Waals surface area contributed by atoms with E-state index in [1.807, 2.05) is 12.3 Å². The van der Waals surface area contributed by atoms with Gasteiger partial charge in [0.15, 0.2) is 0 Å². The molecule has 26 heavy (non-hydrogen) atoms. The number of aryl methyl sites for hydroxylation is 1. The molecule has 1 atom stereocenters. The van der Waals surface area contributed by atoms with Gasteiger partial charge in [0.1, 0.15) is 0 Å². The molecule has 1 saturated heterocycles. The van der Waals surface area contributed by atoms with Crippen LogP contribution >= 0.6 is 11.8 Å². The Hall–Kier alpha value is -1.85. The van der Waals surface area contributed by atoms with Crippen LogP contribution in [0.3, 0.4) is 0 Å². The standard InChI is InChI=1S/C21H27N3OS/c1-17-6-2-3-8-19(17)15-26-16-21(25)23-20-9-5-11-24(14-20)13-18-7-4-10-22-12-18/h2-4,6-8,10,12,20H,5,9,11,13-16H2,1H3,(H,23,25)/t20-/m0/s1. The Labute approximate surface area is 160 Å². The highest BCUT2D eigenvalue weighted by Crippen LogP contribution is 2.17. The number of nitrogens with one attached hydrogen (secondary N) is 1. The van der Waals surface area contributed by atoms with Crippen molar-refractivity contribution in [1.29, 1.82) is 0 Å². The van der Waals surface area contributed by atoms with Crippen molar-refractivity contribution in [3.8, 4) is 0 Å².